The van der Waals surface area contributed by atoms with E-state index in [1.165, 1.54) is 74.0 Å². The molecule has 1 heteroatoms. The van der Waals surface area contributed by atoms with Crippen LogP contribution >= 0.6 is 11.6 Å². The van der Waals surface area contributed by atoms with Gasteiger partial charge in [0.15, 0.2) is 0 Å². The van der Waals surface area contributed by atoms with Gasteiger partial charge < -0.3 is 0 Å². The van der Waals surface area contributed by atoms with E-state index in [-0.39, 0.29) is 10.8 Å². The quantitative estimate of drug-likeness (QED) is 0.185. The summed E-state index contributed by atoms with van der Waals surface area (Å²) in [4.78, 5) is 0. The summed E-state index contributed by atoms with van der Waals surface area (Å²) in [6.45, 7) is 9.74. The SMILES string of the molecule is CC1(C)CCC(C)(C)c2cc3c(cc21)-c1ccc(-c2cccc(-c4cccc(Cl)c4)c2)cc1C3(c1ccccc1)c1ccccc1. The number of hydrogen-bond donors (Lipinski definition) is 0. The Kier molecular flexibility index (Phi) is 6.68. The first-order valence-electron chi connectivity index (χ1n) is 16.5. The van der Waals surface area contributed by atoms with Gasteiger partial charge in [-0.05, 0) is 121 Å². The highest BCUT2D eigenvalue weighted by Crippen LogP contribution is 2.59. The van der Waals surface area contributed by atoms with Crippen molar-refractivity contribution >= 4 is 11.6 Å². The fraction of sp³-hybridized carbons (Fsp3) is 0.200. The lowest BCUT2D eigenvalue weighted by Crippen LogP contribution is -2.35. The van der Waals surface area contributed by atoms with E-state index in [0.29, 0.717) is 0 Å². The lowest BCUT2D eigenvalue weighted by molar-refractivity contribution is 0.331. The Morgan fingerprint density at radius 3 is 1.50 bits per heavy atom. The summed E-state index contributed by atoms with van der Waals surface area (Å²) in [5.74, 6) is 0. The van der Waals surface area contributed by atoms with Crippen molar-refractivity contribution in [2.45, 2.75) is 56.8 Å². The molecule has 0 N–H and O–H groups in total. The minimum absolute atomic E-state index is 0.111. The minimum atomic E-state index is -0.444. The second kappa shape index (κ2) is 10.6. The molecule has 0 bridgehead atoms. The van der Waals surface area contributed by atoms with Gasteiger partial charge in [0.05, 0.1) is 5.41 Å². The van der Waals surface area contributed by atoms with Crippen LogP contribution in [0.2, 0.25) is 5.02 Å². The second-order valence-electron chi connectivity index (χ2n) is 14.5. The van der Waals surface area contributed by atoms with Crippen LogP contribution in [0.15, 0.2) is 140 Å². The van der Waals surface area contributed by atoms with Crippen LogP contribution in [0.3, 0.4) is 0 Å². The topological polar surface area (TPSA) is 0 Å². The molecule has 6 aromatic carbocycles. The van der Waals surface area contributed by atoms with Crippen LogP contribution in [-0.2, 0) is 16.2 Å². The Hall–Kier alpha value is -4.39. The molecule has 0 aromatic heterocycles. The lowest BCUT2D eigenvalue weighted by Gasteiger charge is -2.43. The van der Waals surface area contributed by atoms with E-state index in [9.17, 15) is 0 Å². The van der Waals surface area contributed by atoms with Gasteiger partial charge >= 0.3 is 0 Å². The van der Waals surface area contributed by atoms with E-state index in [2.05, 4.69) is 149 Å². The lowest BCUT2D eigenvalue weighted by atomic mass is 9.61. The van der Waals surface area contributed by atoms with Crippen LogP contribution in [0.25, 0.3) is 33.4 Å². The first-order valence-corrected chi connectivity index (χ1v) is 16.9. The highest BCUT2D eigenvalue weighted by Gasteiger charge is 2.48. The van der Waals surface area contributed by atoms with E-state index in [4.69, 9.17) is 11.6 Å². The van der Waals surface area contributed by atoms with Crippen molar-refractivity contribution in [2.75, 3.05) is 0 Å². The van der Waals surface area contributed by atoms with Crippen LogP contribution in [0.4, 0.5) is 0 Å². The summed E-state index contributed by atoms with van der Waals surface area (Å²) in [5.41, 5.74) is 15.6. The standard InChI is InChI=1S/C45H39Cl/c1-43(2)23-24-44(3,4)42-29-40-38(28-41(42)43)37-22-21-33(31-14-11-13-30(25-31)32-15-12-20-36(46)26-32)27-39(37)45(40,34-16-7-5-8-17-34)35-18-9-6-10-19-35/h5-22,25-29H,23-24H2,1-4H3. The highest BCUT2D eigenvalue weighted by atomic mass is 35.5. The van der Waals surface area contributed by atoms with Gasteiger partial charge in [0.25, 0.3) is 0 Å². The zero-order valence-electron chi connectivity index (χ0n) is 27.1. The Morgan fingerprint density at radius 2 is 0.913 bits per heavy atom. The molecule has 46 heavy (non-hydrogen) atoms. The highest BCUT2D eigenvalue weighted by molar-refractivity contribution is 6.30. The van der Waals surface area contributed by atoms with Gasteiger partial charge in [-0.2, -0.15) is 0 Å². The maximum Gasteiger partial charge on any atom is 0.0713 e. The number of benzene rings is 6. The van der Waals surface area contributed by atoms with Crippen molar-refractivity contribution in [2.24, 2.45) is 0 Å². The summed E-state index contributed by atoms with van der Waals surface area (Å²) < 4.78 is 0. The molecule has 8 rings (SSSR count). The first-order chi connectivity index (χ1) is 22.2. The van der Waals surface area contributed by atoms with E-state index >= 15 is 0 Å². The molecule has 0 saturated heterocycles. The average Bonchev–Trinajstić information content (AvgIpc) is 3.37. The fourth-order valence-corrected chi connectivity index (χ4v) is 8.46. The zero-order valence-corrected chi connectivity index (χ0v) is 27.8. The molecule has 0 radical (unpaired) electrons. The van der Waals surface area contributed by atoms with Crippen LogP contribution in [0.1, 0.15) is 73.9 Å². The summed E-state index contributed by atoms with van der Waals surface area (Å²) >= 11 is 6.39. The van der Waals surface area contributed by atoms with Gasteiger partial charge in [-0.1, -0.05) is 148 Å². The molecule has 0 heterocycles. The van der Waals surface area contributed by atoms with Gasteiger partial charge in [-0.25, -0.2) is 0 Å². The van der Waals surface area contributed by atoms with Gasteiger partial charge in [0, 0.05) is 5.02 Å². The van der Waals surface area contributed by atoms with Gasteiger partial charge in [-0.15, -0.1) is 0 Å². The van der Waals surface area contributed by atoms with Gasteiger partial charge in [0.2, 0.25) is 0 Å². The predicted octanol–water partition coefficient (Wildman–Crippen LogP) is 12.4. The number of halogens is 1. The van der Waals surface area contributed by atoms with E-state index in [0.717, 1.165) is 10.6 Å². The normalized spacial score (nSPS) is 16.7. The second-order valence-corrected chi connectivity index (χ2v) is 15.0. The summed E-state index contributed by atoms with van der Waals surface area (Å²) in [5, 5.41) is 0.753. The third-order valence-corrected chi connectivity index (χ3v) is 11.1. The fourth-order valence-electron chi connectivity index (χ4n) is 8.27. The maximum absolute atomic E-state index is 6.39. The molecule has 0 nitrogen and oxygen atoms in total. The minimum Gasteiger partial charge on any atom is -0.0843 e. The Bertz CT molecular complexity index is 2060. The maximum atomic E-state index is 6.39. The number of fused-ring (bicyclic) bond motifs is 4. The molecule has 0 atom stereocenters. The van der Waals surface area contributed by atoms with E-state index in [1.54, 1.807) is 0 Å². The van der Waals surface area contributed by atoms with E-state index in [1.807, 2.05) is 18.2 Å². The predicted molar refractivity (Wildman–Crippen MR) is 195 cm³/mol. The molecule has 0 amide bonds. The van der Waals surface area contributed by atoms with Crippen molar-refractivity contribution in [3.63, 3.8) is 0 Å². The van der Waals surface area contributed by atoms with Crippen molar-refractivity contribution < 1.29 is 0 Å². The van der Waals surface area contributed by atoms with Crippen molar-refractivity contribution in [1.29, 1.82) is 0 Å². The Labute approximate surface area is 278 Å². The van der Waals surface area contributed by atoms with Gasteiger partial charge in [0.1, 0.15) is 0 Å². The average molecular weight is 615 g/mol. The van der Waals surface area contributed by atoms with Crippen LogP contribution < -0.4 is 0 Å². The molecular formula is C45H39Cl. The van der Waals surface area contributed by atoms with Crippen molar-refractivity contribution in [3.05, 3.63) is 178 Å². The van der Waals surface area contributed by atoms with Crippen molar-refractivity contribution in [1.82, 2.24) is 0 Å². The molecule has 0 fully saturated rings. The molecule has 0 saturated carbocycles. The summed E-state index contributed by atoms with van der Waals surface area (Å²) in [6.07, 6.45) is 2.39. The monoisotopic (exact) mass is 614 g/mol. The molecule has 226 valence electrons. The molecular weight excluding hydrogens is 576 g/mol. The molecule has 0 spiro atoms. The molecule has 2 aliphatic rings. The van der Waals surface area contributed by atoms with Crippen molar-refractivity contribution in [3.8, 4) is 33.4 Å². The third-order valence-electron chi connectivity index (χ3n) is 10.9. The molecule has 2 aliphatic carbocycles. The van der Waals surface area contributed by atoms with Crippen LogP contribution in [0.5, 0.6) is 0 Å². The molecule has 0 aliphatic heterocycles. The van der Waals surface area contributed by atoms with Crippen LogP contribution in [-0.4, -0.2) is 0 Å². The third kappa shape index (κ3) is 4.42. The number of rotatable bonds is 4. The largest absolute Gasteiger partial charge is 0.0843 e. The first kappa shape index (κ1) is 29.0. The summed E-state index contributed by atoms with van der Waals surface area (Å²) in [6, 6.07) is 51.7. The summed E-state index contributed by atoms with van der Waals surface area (Å²) in [7, 11) is 0. The van der Waals surface area contributed by atoms with Crippen LogP contribution in [0, 0.1) is 0 Å². The zero-order chi connectivity index (χ0) is 31.7. The van der Waals surface area contributed by atoms with E-state index < -0.39 is 5.41 Å². The Balaban J connectivity index is 1.43. The molecule has 0 unspecified atom stereocenters. The smallest absolute Gasteiger partial charge is 0.0713 e. The van der Waals surface area contributed by atoms with Gasteiger partial charge in [-0.3, -0.25) is 0 Å². The number of hydrogen-bond acceptors (Lipinski definition) is 0. The Morgan fingerprint density at radius 1 is 0.413 bits per heavy atom. The molecule has 6 aromatic rings.